The molecule has 1 heterocycles. The Kier molecular flexibility index (Phi) is 6.69. The van der Waals surface area contributed by atoms with Gasteiger partial charge in [-0.05, 0) is 97.9 Å². The van der Waals surface area contributed by atoms with Gasteiger partial charge in [0.2, 0.25) is 5.91 Å². The van der Waals surface area contributed by atoms with Gasteiger partial charge in [-0.15, -0.1) is 0 Å². The summed E-state index contributed by atoms with van der Waals surface area (Å²) in [6.45, 7) is 1.61. The van der Waals surface area contributed by atoms with Crippen molar-refractivity contribution in [3.63, 3.8) is 0 Å². The Hall–Kier alpha value is -3.90. The molecular formula is C35H34ClN3O3. The molecule has 5 atom stereocenters. The van der Waals surface area contributed by atoms with Gasteiger partial charge in [0.25, 0.3) is 5.91 Å². The molecule has 1 aromatic heterocycles. The van der Waals surface area contributed by atoms with E-state index in [4.69, 9.17) is 11.6 Å². The van der Waals surface area contributed by atoms with E-state index < -0.39 is 0 Å². The van der Waals surface area contributed by atoms with Crippen LogP contribution < -0.4 is 16.1 Å². The van der Waals surface area contributed by atoms with Crippen molar-refractivity contribution in [1.82, 2.24) is 15.2 Å². The average molecular weight is 580 g/mol. The maximum absolute atomic E-state index is 13.5. The van der Waals surface area contributed by atoms with Crippen LogP contribution in [0.3, 0.4) is 0 Å². The van der Waals surface area contributed by atoms with E-state index in [-0.39, 0.29) is 28.8 Å². The number of pyridine rings is 1. The van der Waals surface area contributed by atoms with Crippen LogP contribution in [0.15, 0.2) is 83.8 Å². The third-order valence-electron chi connectivity index (χ3n) is 9.70. The van der Waals surface area contributed by atoms with Gasteiger partial charge in [0.05, 0.1) is 5.52 Å². The fourth-order valence-electron chi connectivity index (χ4n) is 8.30. The van der Waals surface area contributed by atoms with E-state index >= 15 is 0 Å². The number of benzene rings is 3. The van der Waals surface area contributed by atoms with Gasteiger partial charge in [-0.3, -0.25) is 14.4 Å². The first-order chi connectivity index (χ1) is 20.3. The molecule has 4 bridgehead atoms. The normalized spacial score (nSPS) is 25.9. The Balaban J connectivity index is 1.10. The Morgan fingerprint density at radius 3 is 2.36 bits per heavy atom. The van der Waals surface area contributed by atoms with Gasteiger partial charge in [0.15, 0.2) is 5.43 Å². The number of hydrogen-bond donors (Lipinski definition) is 2. The molecule has 8 rings (SSSR count). The third-order valence-corrected chi connectivity index (χ3v) is 9.93. The molecule has 0 aliphatic heterocycles. The maximum atomic E-state index is 13.5. The third kappa shape index (κ3) is 4.92. The predicted molar refractivity (Wildman–Crippen MR) is 165 cm³/mol. The number of fused-ring (bicyclic) bond motifs is 1. The van der Waals surface area contributed by atoms with Crippen molar-refractivity contribution >= 4 is 34.3 Å². The highest BCUT2D eigenvalue weighted by Gasteiger charge is 2.56. The SMILES string of the molecule is CC(=O)NC12CC3C[C@H](C1)C(NC(=O)c1ccc(Cc4cn(-c5ccccc5)c5cc(Cl)ccc5c4=O)cc1)[C@@H](C3)C2. The molecule has 6 nitrogen and oxygen atoms in total. The quantitative estimate of drug-likeness (QED) is 0.292. The van der Waals surface area contributed by atoms with E-state index in [1.165, 1.54) is 0 Å². The molecule has 2 amide bonds. The minimum atomic E-state index is -0.0840. The molecule has 4 aromatic rings. The number of nitrogens with zero attached hydrogens (tertiary/aromatic N) is 1. The average Bonchev–Trinajstić information content (AvgIpc) is 2.96. The minimum absolute atomic E-state index is 0.0189. The lowest BCUT2D eigenvalue weighted by Crippen LogP contribution is -2.66. The largest absolute Gasteiger partial charge is 0.351 e. The summed E-state index contributed by atoms with van der Waals surface area (Å²) in [6, 6.07) is 23.0. The van der Waals surface area contributed by atoms with Gasteiger partial charge in [-0.25, -0.2) is 0 Å². The smallest absolute Gasteiger partial charge is 0.251 e. The molecule has 3 aromatic carbocycles. The van der Waals surface area contributed by atoms with Gasteiger partial charge in [0.1, 0.15) is 0 Å². The van der Waals surface area contributed by atoms with Crippen LogP contribution in [0, 0.1) is 17.8 Å². The van der Waals surface area contributed by atoms with Gasteiger partial charge in [-0.1, -0.05) is 41.9 Å². The van der Waals surface area contributed by atoms with E-state index in [1.807, 2.05) is 71.4 Å². The zero-order valence-electron chi connectivity index (χ0n) is 23.6. The van der Waals surface area contributed by atoms with Crippen LogP contribution in [-0.4, -0.2) is 28.0 Å². The molecule has 42 heavy (non-hydrogen) atoms. The zero-order chi connectivity index (χ0) is 29.0. The Morgan fingerprint density at radius 1 is 0.952 bits per heavy atom. The van der Waals surface area contributed by atoms with Crippen molar-refractivity contribution in [3.05, 3.63) is 111 Å². The van der Waals surface area contributed by atoms with Crippen molar-refractivity contribution in [2.75, 3.05) is 0 Å². The molecular weight excluding hydrogens is 546 g/mol. The molecule has 0 radical (unpaired) electrons. The fourth-order valence-corrected chi connectivity index (χ4v) is 8.46. The standard InChI is InChI=1S/C35H34ClN3O3/c1-21(40)38-35-17-23-14-25(18-35)32(26(15-23)19-35)37-34(42)24-9-7-22(8-10-24)13-27-20-39(29-5-3-2-4-6-29)31-16-28(36)11-12-30(31)33(27)41/h2-12,16,20,23,25-26,32H,13-15,17-19H2,1H3,(H,37,42)(H,38,40)/t23?,25-,26+,32?,35?. The number of halogens is 1. The van der Waals surface area contributed by atoms with Gasteiger partial charge in [0, 0.05) is 58.3 Å². The van der Waals surface area contributed by atoms with Crippen molar-refractivity contribution < 1.29 is 9.59 Å². The second-order valence-corrected chi connectivity index (χ2v) is 13.1. The molecule has 4 saturated carbocycles. The molecule has 0 saturated heterocycles. The Bertz CT molecular complexity index is 1730. The number of carbonyl (C=O) groups is 2. The zero-order valence-corrected chi connectivity index (χ0v) is 24.4. The topological polar surface area (TPSA) is 80.2 Å². The number of aromatic nitrogens is 1. The summed E-state index contributed by atoms with van der Waals surface area (Å²) >= 11 is 6.30. The highest BCUT2D eigenvalue weighted by molar-refractivity contribution is 6.31. The molecule has 0 spiro atoms. The van der Waals surface area contributed by atoms with Crippen LogP contribution in [-0.2, 0) is 11.2 Å². The van der Waals surface area contributed by atoms with Crippen LogP contribution in [0.5, 0.6) is 0 Å². The first-order valence-corrected chi connectivity index (χ1v) is 15.2. The molecule has 4 aliphatic rings. The molecule has 7 heteroatoms. The Labute approximate surface area is 250 Å². The molecule has 4 fully saturated rings. The highest BCUT2D eigenvalue weighted by Crippen LogP contribution is 2.55. The summed E-state index contributed by atoms with van der Waals surface area (Å²) in [5.41, 5.74) is 3.87. The molecule has 3 unspecified atom stereocenters. The maximum Gasteiger partial charge on any atom is 0.251 e. The van der Waals surface area contributed by atoms with Crippen LogP contribution in [0.25, 0.3) is 16.6 Å². The highest BCUT2D eigenvalue weighted by atomic mass is 35.5. The van der Waals surface area contributed by atoms with E-state index in [2.05, 4.69) is 10.6 Å². The van der Waals surface area contributed by atoms with Crippen molar-refractivity contribution in [1.29, 1.82) is 0 Å². The van der Waals surface area contributed by atoms with Crippen LogP contribution >= 0.6 is 11.6 Å². The summed E-state index contributed by atoms with van der Waals surface area (Å²) in [5, 5.41) is 7.82. The van der Waals surface area contributed by atoms with E-state index in [9.17, 15) is 14.4 Å². The summed E-state index contributed by atoms with van der Waals surface area (Å²) in [4.78, 5) is 38.7. The Morgan fingerprint density at radius 2 is 1.67 bits per heavy atom. The van der Waals surface area contributed by atoms with Crippen molar-refractivity contribution in [3.8, 4) is 5.69 Å². The molecule has 4 aliphatic carbocycles. The monoisotopic (exact) mass is 579 g/mol. The summed E-state index contributed by atoms with van der Waals surface area (Å²) in [5.74, 6) is 1.44. The van der Waals surface area contributed by atoms with E-state index in [1.54, 1.807) is 19.1 Å². The summed E-state index contributed by atoms with van der Waals surface area (Å²) in [6.07, 6.45) is 7.57. The number of para-hydroxylation sites is 1. The second kappa shape index (κ2) is 10.4. The lowest BCUT2D eigenvalue weighted by molar-refractivity contribution is -0.125. The van der Waals surface area contributed by atoms with Crippen LogP contribution in [0.2, 0.25) is 5.02 Å². The van der Waals surface area contributed by atoms with Crippen LogP contribution in [0.4, 0.5) is 0 Å². The molecule has 214 valence electrons. The lowest BCUT2D eigenvalue weighted by Gasteiger charge is -2.60. The first-order valence-electron chi connectivity index (χ1n) is 14.8. The number of nitrogens with one attached hydrogen (secondary N) is 2. The van der Waals surface area contributed by atoms with Gasteiger partial charge in [-0.2, -0.15) is 0 Å². The van der Waals surface area contributed by atoms with Crippen molar-refractivity contribution in [2.24, 2.45) is 17.8 Å². The van der Waals surface area contributed by atoms with Crippen LogP contribution in [0.1, 0.15) is 60.5 Å². The predicted octanol–water partition coefficient (Wildman–Crippen LogP) is 6.05. The second-order valence-electron chi connectivity index (χ2n) is 12.7. The lowest BCUT2D eigenvalue weighted by atomic mass is 9.51. The van der Waals surface area contributed by atoms with E-state index in [0.717, 1.165) is 48.9 Å². The van der Waals surface area contributed by atoms with E-state index in [0.29, 0.717) is 45.7 Å². The first kappa shape index (κ1) is 27.0. The minimum Gasteiger partial charge on any atom is -0.351 e. The number of carbonyl (C=O) groups excluding carboxylic acids is 2. The fraction of sp³-hybridized carbons (Fsp3) is 0.343. The number of amides is 2. The van der Waals surface area contributed by atoms with Gasteiger partial charge < -0.3 is 15.2 Å². The van der Waals surface area contributed by atoms with Crippen molar-refractivity contribution in [2.45, 2.75) is 57.0 Å². The number of rotatable bonds is 6. The molecule has 2 N–H and O–H groups in total. The van der Waals surface area contributed by atoms with Gasteiger partial charge >= 0.3 is 0 Å². The summed E-state index contributed by atoms with van der Waals surface area (Å²) in [7, 11) is 0. The summed E-state index contributed by atoms with van der Waals surface area (Å²) < 4.78 is 2.01. The number of hydrogen-bond acceptors (Lipinski definition) is 3.